The first-order valence-corrected chi connectivity index (χ1v) is 7.12. The van der Waals surface area contributed by atoms with Crippen molar-refractivity contribution in [2.75, 3.05) is 19.8 Å². The largest absolute Gasteiger partial charge is 0.478 e. The molecule has 6 heteroatoms. The summed E-state index contributed by atoms with van der Waals surface area (Å²) in [7, 11) is 0. The molecule has 2 heterocycles. The molecule has 1 aliphatic heterocycles. The predicted molar refractivity (Wildman–Crippen MR) is 76.3 cm³/mol. The van der Waals surface area contributed by atoms with Crippen molar-refractivity contribution in [3.63, 3.8) is 0 Å². The molecule has 110 valence electrons. The SMILES string of the molecule is CCOc1ccc(Cl)c(C(=O)N2C[C@@H](C)OC[C@H]2C)n1. The van der Waals surface area contributed by atoms with Crippen LogP contribution in [-0.4, -0.2) is 47.7 Å². The van der Waals surface area contributed by atoms with E-state index in [2.05, 4.69) is 4.98 Å². The van der Waals surface area contributed by atoms with Crippen LogP contribution in [0.3, 0.4) is 0 Å². The Bertz CT molecular complexity index is 495. The van der Waals surface area contributed by atoms with E-state index in [1.807, 2.05) is 20.8 Å². The van der Waals surface area contributed by atoms with E-state index in [0.717, 1.165) is 0 Å². The van der Waals surface area contributed by atoms with E-state index in [1.54, 1.807) is 17.0 Å². The van der Waals surface area contributed by atoms with Crippen LogP contribution >= 0.6 is 11.6 Å². The number of hydrogen-bond acceptors (Lipinski definition) is 4. The number of morpholine rings is 1. The fraction of sp³-hybridized carbons (Fsp3) is 0.571. The van der Waals surface area contributed by atoms with E-state index >= 15 is 0 Å². The van der Waals surface area contributed by atoms with Gasteiger partial charge in [0, 0.05) is 12.6 Å². The van der Waals surface area contributed by atoms with Gasteiger partial charge in [-0.15, -0.1) is 0 Å². The number of carbonyl (C=O) groups excluding carboxylic acids is 1. The minimum absolute atomic E-state index is 0.00677. The third kappa shape index (κ3) is 3.22. The van der Waals surface area contributed by atoms with Crippen molar-refractivity contribution in [3.05, 3.63) is 22.8 Å². The lowest BCUT2D eigenvalue weighted by molar-refractivity contribution is -0.0389. The number of nitrogens with zero attached hydrogens (tertiary/aromatic N) is 2. The third-order valence-corrected chi connectivity index (χ3v) is 3.49. The Morgan fingerprint density at radius 1 is 1.55 bits per heavy atom. The molecule has 0 N–H and O–H groups in total. The summed E-state index contributed by atoms with van der Waals surface area (Å²) in [6.45, 7) is 7.31. The molecule has 0 radical (unpaired) electrons. The van der Waals surface area contributed by atoms with E-state index in [-0.39, 0.29) is 23.7 Å². The lowest BCUT2D eigenvalue weighted by atomic mass is 10.2. The monoisotopic (exact) mass is 298 g/mol. The summed E-state index contributed by atoms with van der Waals surface area (Å²) in [5.41, 5.74) is 0.235. The highest BCUT2D eigenvalue weighted by atomic mass is 35.5. The molecule has 1 aliphatic rings. The number of hydrogen-bond donors (Lipinski definition) is 0. The van der Waals surface area contributed by atoms with Crippen LogP contribution in [0.25, 0.3) is 0 Å². The van der Waals surface area contributed by atoms with Gasteiger partial charge in [0.15, 0.2) is 5.69 Å². The molecule has 20 heavy (non-hydrogen) atoms. The number of carbonyl (C=O) groups is 1. The van der Waals surface area contributed by atoms with E-state index in [0.29, 0.717) is 30.7 Å². The van der Waals surface area contributed by atoms with Crippen LogP contribution < -0.4 is 4.74 Å². The zero-order chi connectivity index (χ0) is 14.7. The van der Waals surface area contributed by atoms with Crippen molar-refractivity contribution in [2.24, 2.45) is 0 Å². The maximum Gasteiger partial charge on any atom is 0.274 e. The van der Waals surface area contributed by atoms with Gasteiger partial charge in [0.1, 0.15) is 0 Å². The Labute approximate surface area is 123 Å². The van der Waals surface area contributed by atoms with Gasteiger partial charge in [0.05, 0.1) is 30.4 Å². The van der Waals surface area contributed by atoms with Gasteiger partial charge in [-0.1, -0.05) is 11.6 Å². The number of aromatic nitrogens is 1. The second-order valence-electron chi connectivity index (χ2n) is 4.86. The first-order chi connectivity index (χ1) is 9.52. The third-order valence-electron chi connectivity index (χ3n) is 3.18. The van der Waals surface area contributed by atoms with Crippen molar-refractivity contribution in [1.29, 1.82) is 0 Å². The molecule has 2 rings (SSSR count). The summed E-state index contributed by atoms with van der Waals surface area (Å²) in [5.74, 6) is 0.230. The van der Waals surface area contributed by atoms with E-state index < -0.39 is 0 Å². The van der Waals surface area contributed by atoms with Crippen LogP contribution in [0.1, 0.15) is 31.3 Å². The quantitative estimate of drug-likeness (QED) is 0.860. The maximum atomic E-state index is 12.6. The lowest BCUT2D eigenvalue weighted by Crippen LogP contribution is -2.50. The highest BCUT2D eigenvalue weighted by Crippen LogP contribution is 2.22. The van der Waals surface area contributed by atoms with E-state index in [4.69, 9.17) is 21.1 Å². The molecule has 1 aromatic rings. The maximum absolute atomic E-state index is 12.6. The molecular weight excluding hydrogens is 280 g/mol. The molecule has 1 fully saturated rings. The topological polar surface area (TPSA) is 51.7 Å². The zero-order valence-corrected chi connectivity index (χ0v) is 12.7. The second-order valence-corrected chi connectivity index (χ2v) is 5.27. The van der Waals surface area contributed by atoms with Gasteiger partial charge in [0.2, 0.25) is 5.88 Å². The average molecular weight is 299 g/mol. The van der Waals surface area contributed by atoms with Crippen molar-refractivity contribution in [2.45, 2.75) is 32.9 Å². The smallest absolute Gasteiger partial charge is 0.274 e. The molecule has 0 saturated carbocycles. The number of amides is 1. The Morgan fingerprint density at radius 2 is 2.30 bits per heavy atom. The Morgan fingerprint density at radius 3 is 3.00 bits per heavy atom. The van der Waals surface area contributed by atoms with E-state index in [9.17, 15) is 4.79 Å². The Hall–Kier alpha value is -1.33. The predicted octanol–water partition coefficient (Wildman–Crippen LogP) is 2.38. The molecule has 5 nitrogen and oxygen atoms in total. The van der Waals surface area contributed by atoms with E-state index in [1.165, 1.54) is 0 Å². The van der Waals surface area contributed by atoms with Gasteiger partial charge in [0.25, 0.3) is 5.91 Å². The normalized spacial score (nSPS) is 22.7. The molecule has 0 unspecified atom stereocenters. The van der Waals surface area contributed by atoms with Crippen LogP contribution in [0, 0.1) is 0 Å². The minimum atomic E-state index is -0.181. The van der Waals surface area contributed by atoms with Crippen LogP contribution in [0.15, 0.2) is 12.1 Å². The van der Waals surface area contributed by atoms with Gasteiger partial charge in [-0.3, -0.25) is 4.79 Å². The average Bonchev–Trinajstić information content (AvgIpc) is 2.43. The first kappa shape index (κ1) is 15.1. The minimum Gasteiger partial charge on any atom is -0.478 e. The standard InChI is InChI=1S/C14H19ClN2O3/c1-4-19-12-6-5-11(15)13(16-12)14(18)17-7-10(3)20-8-9(17)2/h5-6,9-10H,4,7-8H2,1-3H3/t9-,10-/m1/s1. The van der Waals surface area contributed by atoms with Gasteiger partial charge in [-0.2, -0.15) is 0 Å². The first-order valence-electron chi connectivity index (χ1n) is 6.74. The van der Waals surface area contributed by atoms with Crippen molar-refractivity contribution in [1.82, 2.24) is 9.88 Å². The number of rotatable bonds is 3. The molecule has 0 spiro atoms. The molecule has 0 aliphatic carbocycles. The van der Waals surface area contributed by atoms with Crippen LogP contribution in [-0.2, 0) is 4.74 Å². The zero-order valence-electron chi connectivity index (χ0n) is 11.9. The fourth-order valence-corrected chi connectivity index (χ4v) is 2.31. The molecule has 1 saturated heterocycles. The summed E-state index contributed by atoms with van der Waals surface area (Å²) in [4.78, 5) is 18.6. The Balaban J connectivity index is 2.25. The van der Waals surface area contributed by atoms with Gasteiger partial charge in [-0.25, -0.2) is 4.98 Å². The van der Waals surface area contributed by atoms with Gasteiger partial charge >= 0.3 is 0 Å². The number of pyridine rings is 1. The second kappa shape index (κ2) is 6.41. The molecule has 0 bridgehead atoms. The van der Waals surface area contributed by atoms with Crippen molar-refractivity contribution >= 4 is 17.5 Å². The van der Waals surface area contributed by atoms with Crippen molar-refractivity contribution in [3.8, 4) is 5.88 Å². The molecule has 0 aromatic carbocycles. The molecule has 1 aromatic heterocycles. The number of ether oxygens (including phenoxy) is 2. The summed E-state index contributed by atoms with van der Waals surface area (Å²) >= 11 is 6.10. The highest BCUT2D eigenvalue weighted by Gasteiger charge is 2.30. The van der Waals surface area contributed by atoms with Gasteiger partial charge < -0.3 is 14.4 Å². The van der Waals surface area contributed by atoms with Crippen molar-refractivity contribution < 1.29 is 14.3 Å². The van der Waals surface area contributed by atoms with Crippen LogP contribution in [0.4, 0.5) is 0 Å². The Kier molecular flexibility index (Phi) is 4.83. The number of halogens is 1. The molecule has 1 amide bonds. The fourth-order valence-electron chi connectivity index (χ4n) is 2.12. The summed E-state index contributed by atoms with van der Waals surface area (Å²) < 4.78 is 10.8. The molecular formula is C14H19ClN2O3. The highest BCUT2D eigenvalue weighted by molar-refractivity contribution is 6.33. The summed E-state index contributed by atoms with van der Waals surface area (Å²) in [5, 5.41) is 0.338. The van der Waals surface area contributed by atoms with Crippen LogP contribution in [0.2, 0.25) is 5.02 Å². The molecule has 2 atom stereocenters. The van der Waals surface area contributed by atoms with Gasteiger partial charge in [-0.05, 0) is 26.8 Å². The summed E-state index contributed by atoms with van der Waals surface area (Å²) in [6.07, 6.45) is 0.0176. The lowest BCUT2D eigenvalue weighted by Gasteiger charge is -2.36. The summed E-state index contributed by atoms with van der Waals surface area (Å²) in [6, 6.07) is 3.31. The van der Waals surface area contributed by atoms with Crippen LogP contribution in [0.5, 0.6) is 5.88 Å².